The molecular weight excluding hydrogens is 255 g/mol. The van der Waals surface area contributed by atoms with Gasteiger partial charge >= 0.3 is 0 Å². The molecule has 14 heavy (non-hydrogen) atoms. The second kappa shape index (κ2) is 3.17. The van der Waals surface area contributed by atoms with Crippen LogP contribution in [0.2, 0.25) is 0 Å². The zero-order valence-electron chi connectivity index (χ0n) is 7.93. The molecule has 0 aromatic rings. The number of allylic oxidation sites excluding steroid dienone is 2. The summed E-state index contributed by atoms with van der Waals surface area (Å²) in [7, 11) is 1.59. The summed E-state index contributed by atoms with van der Waals surface area (Å²) in [6, 6.07) is 0. The van der Waals surface area contributed by atoms with E-state index in [1.165, 1.54) is 4.90 Å². The Balaban J connectivity index is 0.000000750. The van der Waals surface area contributed by atoms with E-state index in [4.69, 9.17) is 0 Å². The van der Waals surface area contributed by atoms with Crippen LogP contribution in [0.5, 0.6) is 0 Å². The van der Waals surface area contributed by atoms with Crippen molar-refractivity contribution in [2.24, 2.45) is 17.8 Å². The fourth-order valence-electron chi connectivity index (χ4n) is 2.79. The van der Waals surface area contributed by atoms with Gasteiger partial charge in [-0.1, -0.05) is 5.92 Å². The maximum Gasteiger partial charge on any atom is 0.230 e. The fourth-order valence-corrected chi connectivity index (χ4v) is 2.79. The van der Waals surface area contributed by atoms with Crippen molar-refractivity contribution in [3.8, 4) is 0 Å². The number of carbonyl (C=O) groups excluding carboxylic acids is 2. The Hall–Kier alpha value is -0.146. The molecule has 2 aliphatic carbocycles. The van der Waals surface area contributed by atoms with Gasteiger partial charge in [0.1, 0.15) is 0 Å². The monoisotopic (exact) mass is 265 g/mol. The van der Waals surface area contributed by atoms with E-state index in [1.54, 1.807) is 7.05 Å². The van der Waals surface area contributed by atoms with Crippen LogP contribution < -0.4 is 0 Å². The SMILES string of the molecule is CN1C(=O)C2[C-]3C=CC(C3)C2C1=O.[Y]. The molecule has 1 saturated heterocycles. The molecule has 2 amide bonds. The topological polar surface area (TPSA) is 37.4 Å². The van der Waals surface area contributed by atoms with Crippen molar-refractivity contribution < 1.29 is 42.3 Å². The number of rotatable bonds is 0. The van der Waals surface area contributed by atoms with Gasteiger partial charge in [0.15, 0.2) is 0 Å². The van der Waals surface area contributed by atoms with Crippen molar-refractivity contribution in [3.05, 3.63) is 18.1 Å². The standard InChI is InChI=1S/C10H10NO2.Y/c1-11-9(12)7-5-2-3-6(4-5)8(7)10(11)13;/h2-3,5,7-8H,4H2,1H3;/q-1;. The Morgan fingerprint density at radius 2 is 2.14 bits per heavy atom. The van der Waals surface area contributed by atoms with E-state index in [9.17, 15) is 9.59 Å². The van der Waals surface area contributed by atoms with E-state index in [2.05, 4.69) is 6.08 Å². The predicted octanol–water partition coefficient (Wildman–Crippen LogP) is 0.379. The Labute approximate surface area is 108 Å². The van der Waals surface area contributed by atoms with E-state index < -0.39 is 0 Å². The summed E-state index contributed by atoms with van der Waals surface area (Å²) in [5, 5.41) is 0. The van der Waals surface area contributed by atoms with Crippen LogP contribution >= 0.6 is 0 Å². The third kappa shape index (κ3) is 1.03. The second-order valence-electron chi connectivity index (χ2n) is 4.04. The van der Waals surface area contributed by atoms with Gasteiger partial charge in [-0.25, -0.2) is 18.1 Å². The molecule has 1 aliphatic heterocycles. The minimum absolute atomic E-state index is 0. The summed E-state index contributed by atoms with van der Waals surface area (Å²) in [4.78, 5) is 24.6. The molecule has 3 atom stereocenters. The Morgan fingerprint density at radius 1 is 1.43 bits per heavy atom. The average Bonchev–Trinajstić information content (AvgIpc) is 2.76. The molecule has 4 heteroatoms. The van der Waals surface area contributed by atoms with E-state index in [0.29, 0.717) is 5.92 Å². The van der Waals surface area contributed by atoms with Crippen LogP contribution in [0.3, 0.4) is 0 Å². The number of imide groups is 1. The summed E-state index contributed by atoms with van der Waals surface area (Å²) < 4.78 is 0. The van der Waals surface area contributed by atoms with Crippen molar-refractivity contribution in [2.75, 3.05) is 7.05 Å². The molecule has 3 nitrogen and oxygen atoms in total. The van der Waals surface area contributed by atoms with Gasteiger partial charge in [0.2, 0.25) is 11.8 Å². The number of likely N-dealkylation sites (tertiary alicyclic amines) is 1. The van der Waals surface area contributed by atoms with E-state index >= 15 is 0 Å². The summed E-state index contributed by atoms with van der Waals surface area (Å²) in [6.45, 7) is 0. The molecule has 0 aromatic heterocycles. The summed E-state index contributed by atoms with van der Waals surface area (Å²) >= 11 is 0. The molecule has 1 saturated carbocycles. The normalized spacial score (nSPS) is 37.9. The van der Waals surface area contributed by atoms with Crippen LogP contribution in [0.25, 0.3) is 0 Å². The van der Waals surface area contributed by atoms with Gasteiger partial charge in [-0.3, -0.25) is 14.5 Å². The second-order valence-corrected chi connectivity index (χ2v) is 4.04. The number of fused-ring (bicyclic) bond motifs is 5. The molecule has 0 N–H and O–H groups in total. The summed E-state index contributed by atoms with van der Waals surface area (Å²) in [5.74, 6) is 1.32. The third-order valence-electron chi connectivity index (χ3n) is 3.46. The molecule has 3 rings (SSSR count). The minimum atomic E-state index is -0.104. The number of carbonyl (C=O) groups is 2. The first-order valence-electron chi connectivity index (χ1n) is 4.55. The molecule has 2 bridgehead atoms. The zero-order chi connectivity index (χ0) is 9.16. The molecule has 1 heterocycles. The van der Waals surface area contributed by atoms with Gasteiger partial charge in [-0.2, -0.15) is 0 Å². The van der Waals surface area contributed by atoms with Crippen molar-refractivity contribution in [1.29, 1.82) is 0 Å². The van der Waals surface area contributed by atoms with Crippen LogP contribution in [0.15, 0.2) is 12.2 Å². The quantitative estimate of drug-likeness (QED) is 0.469. The van der Waals surface area contributed by atoms with Gasteiger partial charge in [-0.05, 0) is 0 Å². The van der Waals surface area contributed by atoms with E-state index in [0.717, 1.165) is 12.3 Å². The molecule has 71 valence electrons. The van der Waals surface area contributed by atoms with Crippen molar-refractivity contribution in [1.82, 2.24) is 4.90 Å². The van der Waals surface area contributed by atoms with Gasteiger partial charge in [0.05, 0.1) is 0 Å². The molecule has 0 aromatic carbocycles. The number of hydrogen-bond acceptors (Lipinski definition) is 2. The minimum Gasteiger partial charge on any atom is -0.286 e. The first-order chi connectivity index (χ1) is 6.20. The maximum absolute atomic E-state index is 11.6. The molecule has 3 unspecified atom stereocenters. The average molecular weight is 265 g/mol. The molecule has 1 radical (unpaired) electrons. The summed E-state index contributed by atoms with van der Waals surface area (Å²) in [6.07, 6.45) is 5.03. The number of hydrogen-bond donors (Lipinski definition) is 0. The Bertz CT molecular complexity index is 309. The van der Waals surface area contributed by atoms with Crippen molar-refractivity contribution in [3.63, 3.8) is 0 Å². The zero-order valence-corrected chi connectivity index (χ0v) is 10.8. The smallest absolute Gasteiger partial charge is 0.230 e. The fraction of sp³-hybridized carbons (Fsp3) is 0.500. The van der Waals surface area contributed by atoms with Crippen LogP contribution in [0.1, 0.15) is 6.42 Å². The van der Waals surface area contributed by atoms with Gasteiger partial charge < -0.3 is 0 Å². The van der Waals surface area contributed by atoms with Crippen molar-refractivity contribution >= 4 is 11.8 Å². The number of nitrogens with zero attached hydrogens (tertiary/aromatic N) is 1. The van der Waals surface area contributed by atoms with Crippen LogP contribution in [-0.4, -0.2) is 23.8 Å². The Kier molecular flexibility index (Phi) is 2.35. The molecule has 2 fully saturated rings. The third-order valence-corrected chi connectivity index (χ3v) is 3.46. The van der Waals surface area contributed by atoms with Crippen LogP contribution in [0, 0.1) is 23.7 Å². The van der Waals surface area contributed by atoms with E-state index in [-0.39, 0.29) is 56.4 Å². The van der Waals surface area contributed by atoms with Gasteiger partial charge in [-0.15, -0.1) is 6.42 Å². The van der Waals surface area contributed by atoms with E-state index in [1.807, 2.05) is 6.08 Å². The molecule has 3 aliphatic rings. The van der Waals surface area contributed by atoms with Crippen LogP contribution in [0.4, 0.5) is 0 Å². The maximum atomic E-state index is 11.6. The van der Waals surface area contributed by atoms with Crippen molar-refractivity contribution in [2.45, 2.75) is 6.42 Å². The van der Waals surface area contributed by atoms with Gasteiger partial charge in [0, 0.05) is 51.6 Å². The summed E-state index contributed by atoms with van der Waals surface area (Å²) in [5.41, 5.74) is 0. The van der Waals surface area contributed by atoms with Gasteiger partial charge in [0.25, 0.3) is 0 Å². The van der Waals surface area contributed by atoms with Crippen LogP contribution in [-0.2, 0) is 42.3 Å². The first kappa shape index (κ1) is 10.4. The predicted molar refractivity (Wildman–Crippen MR) is 45.2 cm³/mol. The Morgan fingerprint density at radius 3 is 2.79 bits per heavy atom. The first-order valence-corrected chi connectivity index (χ1v) is 4.55. The largest absolute Gasteiger partial charge is 0.286 e. The molecule has 0 spiro atoms. The molecular formula is C10H10NO2Y-. The number of amides is 2.